The molecule has 31 heavy (non-hydrogen) atoms. The summed E-state index contributed by atoms with van der Waals surface area (Å²) in [6.45, 7) is 3.59. The van der Waals surface area contributed by atoms with Crippen molar-refractivity contribution < 1.29 is 17.9 Å². The van der Waals surface area contributed by atoms with Gasteiger partial charge < -0.3 is 10.1 Å². The van der Waals surface area contributed by atoms with Gasteiger partial charge in [-0.15, -0.1) is 0 Å². The molecule has 8 heteroatoms. The zero-order chi connectivity index (χ0) is 22.4. The zero-order valence-electron chi connectivity index (χ0n) is 17.1. The molecule has 2 N–H and O–H groups in total. The molecule has 0 saturated heterocycles. The molecule has 0 fully saturated rings. The highest BCUT2D eigenvalue weighted by Gasteiger charge is 2.20. The molecule has 3 aromatic carbocycles. The van der Waals surface area contributed by atoms with Crippen molar-refractivity contribution in [3.05, 3.63) is 83.4 Å². The molecular formula is C23H23ClN2O4S. The second-order valence-electron chi connectivity index (χ2n) is 6.86. The van der Waals surface area contributed by atoms with Crippen LogP contribution in [0.25, 0.3) is 0 Å². The van der Waals surface area contributed by atoms with Gasteiger partial charge in [-0.2, -0.15) is 0 Å². The van der Waals surface area contributed by atoms with E-state index in [2.05, 4.69) is 10.0 Å². The average Bonchev–Trinajstić information content (AvgIpc) is 2.76. The van der Waals surface area contributed by atoms with Gasteiger partial charge in [-0.05, 0) is 67.4 Å². The molecule has 0 aliphatic heterocycles. The molecule has 0 aromatic heterocycles. The fourth-order valence-corrected chi connectivity index (χ4v) is 4.14. The van der Waals surface area contributed by atoms with Crippen molar-refractivity contribution in [1.29, 1.82) is 0 Å². The second-order valence-corrected chi connectivity index (χ2v) is 8.95. The summed E-state index contributed by atoms with van der Waals surface area (Å²) < 4.78 is 33.7. The number of benzene rings is 3. The summed E-state index contributed by atoms with van der Waals surface area (Å²) in [6, 6.07) is 20.0. The van der Waals surface area contributed by atoms with Crippen LogP contribution in [0.3, 0.4) is 0 Å². The van der Waals surface area contributed by atoms with Crippen LogP contribution in [-0.2, 0) is 14.8 Å². The first-order chi connectivity index (χ1) is 14.8. The monoisotopic (exact) mass is 458 g/mol. The van der Waals surface area contributed by atoms with Gasteiger partial charge in [0.15, 0.2) is 6.10 Å². The zero-order valence-corrected chi connectivity index (χ0v) is 18.7. The van der Waals surface area contributed by atoms with Gasteiger partial charge in [-0.25, -0.2) is 8.42 Å². The van der Waals surface area contributed by atoms with Gasteiger partial charge in [0.25, 0.3) is 15.9 Å². The molecule has 0 spiro atoms. The van der Waals surface area contributed by atoms with Gasteiger partial charge in [0.05, 0.1) is 10.6 Å². The lowest BCUT2D eigenvalue weighted by atomic mass is 10.2. The molecule has 0 saturated carbocycles. The maximum absolute atomic E-state index is 12.7. The Hall–Kier alpha value is -3.03. The fraction of sp³-hybridized carbons (Fsp3) is 0.174. The highest BCUT2D eigenvalue weighted by molar-refractivity contribution is 7.92. The van der Waals surface area contributed by atoms with E-state index in [4.69, 9.17) is 16.3 Å². The van der Waals surface area contributed by atoms with E-state index >= 15 is 0 Å². The Balaban J connectivity index is 1.69. The maximum Gasteiger partial charge on any atom is 0.265 e. The van der Waals surface area contributed by atoms with E-state index in [0.29, 0.717) is 34.1 Å². The van der Waals surface area contributed by atoms with Crippen LogP contribution in [0.15, 0.2) is 77.7 Å². The number of carbonyl (C=O) groups excluding carboxylic acids is 1. The maximum atomic E-state index is 12.7. The predicted molar refractivity (Wildman–Crippen MR) is 123 cm³/mol. The van der Waals surface area contributed by atoms with Crippen molar-refractivity contribution in [2.24, 2.45) is 0 Å². The molecule has 1 atom stereocenters. The number of ether oxygens (including phenoxy) is 1. The normalized spacial score (nSPS) is 12.1. The molecule has 0 bridgehead atoms. The van der Waals surface area contributed by atoms with Crippen molar-refractivity contribution in [3.8, 4) is 5.75 Å². The van der Waals surface area contributed by atoms with Gasteiger partial charge in [-0.3, -0.25) is 9.52 Å². The minimum absolute atomic E-state index is 0.0671. The Bertz CT molecular complexity index is 1150. The molecule has 3 rings (SSSR count). The third-order valence-electron chi connectivity index (χ3n) is 4.63. The predicted octanol–water partition coefficient (Wildman–Crippen LogP) is 5.25. The van der Waals surface area contributed by atoms with Crippen LogP contribution >= 0.6 is 11.6 Å². The van der Waals surface area contributed by atoms with Crippen molar-refractivity contribution in [2.75, 3.05) is 10.0 Å². The van der Waals surface area contributed by atoms with Crippen LogP contribution in [0.1, 0.15) is 18.9 Å². The Labute approximate surface area is 187 Å². The number of hydrogen-bond acceptors (Lipinski definition) is 4. The van der Waals surface area contributed by atoms with Crippen LogP contribution < -0.4 is 14.8 Å². The van der Waals surface area contributed by atoms with Crippen LogP contribution in [0.5, 0.6) is 5.75 Å². The number of hydrogen-bond donors (Lipinski definition) is 2. The van der Waals surface area contributed by atoms with E-state index in [0.717, 1.165) is 0 Å². The molecule has 0 aliphatic carbocycles. The lowest BCUT2D eigenvalue weighted by molar-refractivity contribution is -0.122. The molecule has 3 aromatic rings. The first-order valence-corrected chi connectivity index (χ1v) is 11.6. The van der Waals surface area contributed by atoms with E-state index in [1.54, 1.807) is 37.3 Å². The SMILES string of the molecule is CC[C@@H](Oc1ccccc1)C(=O)Nc1ccc(S(=O)(=O)Nc2cccc(Cl)c2C)cc1. The van der Waals surface area contributed by atoms with Crippen LogP contribution in [0, 0.1) is 6.92 Å². The molecule has 6 nitrogen and oxygen atoms in total. The molecule has 162 valence electrons. The Morgan fingerprint density at radius 3 is 2.32 bits per heavy atom. The minimum atomic E-state index is -3.81. The smallest absolute Gasteiger partial charge is 0.265 e. The molecule has 0 radical (unpaired) electrons. The van der Waals surface area contributed by atoms with Crippen molar-refractivity contribution in [1.82, 2.24) is 0 Å². The van der Waals surface area contributed by atoms with E-state index < -0.39 is 16.1 Å². The van der Waals surface area contributed by atoms with Gasteiger partial charge in [0.1, 0.15) is 5.75 Å². The molecule has 1 amide bonds. The van der Waals surface area contributed by atoms with E-state index in [-0.39, 0.29) is 10.8 Å². The number of halogens is 1. The average molecular weight is 459 g/mol. The number of nitrogens with one attached hydrogen (secondary N) is 2. The van der Waals surface area contributed by atoms with E-state index in [9.17, 15) is 13.2 Å². The first-order valence-electron chi connectivity index (χ1n) is 9.70. The van der Waals surface area contributed by atoms with Gasteiger partial charge in [0.2, 0.25) is 0 Å². The van der Waals surface area contributed by atoms with Gasteiger partial charge >= 0.3 is 0 Å². The van der Waals surface area contributed by atoms with Crippen LogP contribution in [0.2, 0.25) is 5.02 Å². The minimum Gasteiger partial charge on any atom is -0.481 e. The van der Waals surface area contributed by atoms with Gasteiger partial charge in [0, 0.05) is 10.7 Å². The Morgan fingerprint density at radius 2 is 1.68 bits per heavy atom. The summed E-state index contributed by atoms with van der Waals surface area (Å²) in [5.74, 6) is 0.294. The largest absolute Gasteiger partial charge is 0.481 e. The third-order valence-corrected chi connectivity index (χ3v) is 6.42. The summed E-state index contributed by atoms with van der Waals surface area (Å²) >= 11 is 6.06. The number of sulfonamides is 1. The van der Waals surface area contributed by atoms with Crippen LogP contribution in [0.4, 0.5) is 11.4 Å². The Morgan fingerprint density at radius 1 is 1.00 bits per heavy atom. The van der Waals surface area contributed by atoms with Crippen molar-refractivity contribution in [2.45, 2.75) is 31.3 Å². The van der Waals surface area contributed by atoms with Crippen molar-refractivity contribution >= 4 is 38.9 Å². The third kappa shape index (κ3) is 5.77. The van der Waals surface area contributed by atoms with E-state index in [1.165, 1.54) is 24.3 Å². The number of para-hydroxylation sites is 1. The summed E-state index contributed by atoms with van der Waals surface area (Å²) in [5.41, 5.74) is 1.52. The lowest BCUT2D eigenvalue weighted by Crippen LogP contribution is -2.32. The summed E-state index contributed by atoms with van der Waals surface area (Å²) in [6.07, 6.45) is -0.186. The molecule has 0 heterocycles. The van der Waals surface area contributed by atoms with Crippen molar-refractivity contribution in [3.63, 3.8) is 0 Å². The summed E-state index contributed by atoms with van der Waals surface area (Å²) in [4.78, 5) is 12.6. The molecule has 0 unspecified atom stereocenters. The highest BCUT2D eigenvalue weighted by Crippen LogP contribution is 2.26. The summed E-state index contributed by atoms with van der Waals surface area (Å²) in [7, 11) is -3.81. The number of amides is 1. The van der Waals surface area contributed by atoms with Gasteiger partial charge in [-0.1, -0.05) is 42.8 Å². The fourth-order valence-electron chi connectivity index (χ4n) is 2.85. The van der Waals surface area contributed by atoms with Crippen LogP contribution in [-0.4, -0.2) is 20.4 Å². The second kappa shape index (κ2) is 9.85. The standard InChI is InChI=1S/C23H23ClN2O4S/c1-3-22(30-18-8-5-4-6-9-18)23(27)25-17-12-14-19(15-13-17)31(28,29)26-21-11-7-10-20(24)16(21)2/h4-15,22,26H,3H2,1-2H3,(H,25,27)/t22-/m1/s1. The molecule has 0 aliphatic rings. The number of anilines is 2. The first kappa shape index (κ1) is 22.7. The topological polar surface area (TPSA) is 84.5 Å². The number of rotatable bonds is 8. The molecular weight excluding hydrogens is 436 g/mol. The number of carbonyl (C=O) groups is 1. The Kier molecular flexibility index (Phi) is 7.20. The van der Waals surface area contributed by atoms with E-state index in [1.807, 2.05) is 25.1 Å². The summed E-state index contributed by atoms with van der Waals surface area (Å²) in [5, 5.41) is 3.24. The quantitative estimate of drug-likeness (QED) is 0.483. The highest BCUT2D eigenvalue weighted by atomic mass is 35.5. The lowest BCUT2D eigenvalue weighted by Gasteiger charge is -2.17.